The lowest BCUT2D eigenvalue weighted by Crippen LogP contribution is -2.32. The molecule has 3 N–H and O–H groups in total. The van der Waals surface area contributed by atoms with Crippen molar-refractivity contribution in [1.82, 2.24) is 0 Å². The smallest absolute Gasteiger partial charge is 0.186 e. The Morgan fingerprint density at radius 2 is 2.00 bits per heavy atom. The maximum Gasteiger partial charge on any atom is 0.186 e. The molecule has 2 rings (SSSR count). The highest BCUT2D eigenvalue weighted by Crippen LogP contribution is 2.37. The molecular weight excluding hydrogens is 166 g/mol. The third-order valence-corrected chi connectivity index (χ3v) is 2.39. The maximum atomic E-state index is 11.7. The fourth-order valence-corrected chi connectivity index (χ4v) is 1.30. The molecule has 1 aliphatic rings. The number of carbonyl (C=O) groups excluding carboxylic acids is 1. The number of benzene rings is 1. The van der Waals surface area contributed by atoms with E-state index >= 15 is 0 Å². The van der Waals surface area contributed by atoms with Gasteiger partial charge in [0.25, 0.3) is 0 Å². The summed E-state index contributed by atoms with van der Waals surface area (Å²) in [6.45, 7) is 0. The molecule has 0 spiro atoms. The van der Waals surface area contributed by atoms with E-state index in [0.717, 1.165) is 12.8 Å². The molecule has 3 nitrogen and oxygen atoms in total. The van der Waals surface area contributed by atoms with Gasteiger partial charge < -0.3 is 10.8 Å². The summed E-state index contributed by atoms with van der Waals surface area (Å²) in [5.74, 6) is -0.130. The number of phenolic OH excluding ortho intramolecular Hbond substituents is 1. The largest absolute Gasteiger partial charge is 0.507 e. The molecule has 1 saturated carbocycles. The van der Waals surface area contributed by atoms with Crippen molar-refractivity contribution in [1.29, 1.82) is 0 Å². The van der Waals surface area contributed by atoms with Crippen molar-refractivity contribution in [3.63, 3.8) is 0 Å². The summed E-state index contributed by atoms with van der Waals surface area (Å²) >= 11 is 0. The fraction of sp³-hybridized carbons (Fsp3) is 0.300. The summed E-state index contributed by atoms with van der Waals surface area (Å²) in [6.07, 6.45) is 1.44. The molecule has 0 aromatic heterocycles. The van der Waals surface area contributed by atoms with Gasteiger partial charge in [0.05, 0.1) is 11.1 Å². The van der Waals surface area contributed by atoms with Gasteiger partial charge in [0, 0.05) is 0 Å². The van der Waals surface area contributed by atoms with E-state index in [2.05, 4.69) is 0 Å². The van der Waals surface area contributed by atoms with E-state index < -0.39 is 5.54 Å². The Bertz CT molecular complexity index is 356. The third-order valence-electron chi connectivity index (χ3n) is 2.39. The van der Waals surface area contributed by atoms with Gasteiger partial charge >= 0.3 is 0 Å². The molecule has 0 aliphatic heterocycles. The lowest BCUT2D eigenvalue weighted by atomic mass is 10.0. The molecule has 0 heterocycles. The molecule has 0 atom stereocenters. The molecule has 0 saturated heterocycles. The minimum atomic E-state index is -0.696. The Labute approximate surface area is 76.2 Å². The van der Waals surface area contributed by atoms with E-state index in [1.54, 1.807) is 18.2 Å². The Morgan fingerprint density at radius 3 is 2.54 bits per heavy atom. The van der Waals surface area contributed by atoms with Crippen LogP contribution in [0.4, 0.5) is 0 Å². The van der Waals surface area contributed by atoms with Crippen LogP contribution in [-0.4, -0.2) is 16.4 Å². The number of carbonyl (C=O) groups is 1. The SMILES string of the molecule is NC1(C(=O)c2ccccc2O)CC1. The van der Waals surface area contributed by atoms with Crippen molar-refractivity contribution in [2.75, 3.05) is 0 Å². The highest BCUT2D eigenvalue weighted by atomic mass is 16.3. The first-order valence-electron chi connectivity index (χ1n) is 4.25. The normalized spacial score (nSPS) is 18.2. The van der Waals surface area contributed by atoms with Crippen LogP contribution < -0.4 is 5.73 Å². The van der Waals surface area contributed by atoms with Gasteiger partial charge in [-0.3, -0.25) is 4.79 Å². The van der Waals surface area contributed by atoms with Gasteiger partial charge in [-0.2, -0.15) is 0 Å². The topological polar surface area (TPSA) is 63.3 Å². The molecule has 0 amide bonds. The van der Waals surface area contributed by atoms with Crippen LogP contribution in [0.25, 0.3) is 0 Å². The second-order valence-electron chi connectivity index (χ2n) is 3.50. The summed E-state index contributed by atoms with van der Waals surface area (Å²) in [7, 11) is 0. The van der Waals surface area contributed by atoms with Crippen LogP contribution in [0.1, 0.15) is 23.2 Å². The van der Waals surface area contributed by atoms with Crippen LogP contribution in [0.3, 0.4) is 0 Å². The van der Waals surface area contributed by atoms with E-state index in [1.165, 1.54) is 6.07 Å². The Morgan fingerprint density at radius 1 is 1.38 bits per heavy atom. The minimum absolute atomic E-state index is 0.0178. The molecule has 3 heteroatoms. The number of rotatable bonds is 2. The minimum Gasteiger partial charge on any atom is -0.507 e. The second kappa shape index (κ2) is 2.57. The summed E-state index contributed by atoms with van der Waals surface area (Å²) in [5, 5.41) is 9.40. The van der Waals surface area contributed by atoms with E-state index in [1.807, 2.05) is 0 Å². The average molecular weight is 177 g/mol. The van der Waals surface area contributed by atoms with Gasteiger partial charge in [0.1, 0.15) is 5.75 Å². The van der Waals surface area contributed by atoms with Gasteiger partial charge in [-0.1, -0.05) is 12.1 Å². The average Bonchev–Trinajstić information content (AvgIpc) is 2.85. The van der Waals surface area contributed by atoms with Crippen molar-refractivity contribution < 1.29 is 9.90 Å². The summed E-state index contributed by atoms with van der Waals surface area (Å²) in [4.78, 5) is 11.7. The fourth-order valence-electron chi connectivity index (χ4n) is 1.30. The van der Waals surface area contributed by atoms with Gasteiger partial charge in [-0.25, -0.2) is 0 Å². The predicted octanol–water partition coefficient (Wildman–Crippen LogP) is 1.07. The number of hydrogen-bond donors (Lipinski definition) is 2. The van der Waals surface area contributed by atoms with Crippen LogP contribution in [-0.2, 0) is 0 Å². The van der Waals surface area contributed by atoms with Crippen molar-refractivity contribution >= 4 is 5.78 Å². The van der Waals surface area contributed by atoms with E-state index in [0.29, 0.717) is 5.56 Å². The summed E-state index contributed by atoms with van der Waals surface area (Å²) < 4.78 is 0. The monoisotopic (exact) mass is 177 g/mol. The summed E-state index contributed by atoms with van der Waals surface area (Å²) in [5.41, 5.74) is 5.37. The number of ketones is 1. The lowest BCUT2D eigenvalue weighted by Gasteiger charge is -2.08. The van der Waals surface area contributed by atoms with Crippen LogP contribution >= 0.6 is 0 Å². The van der Waals surface area contributed by atoms with Gasteiger partial charge in [-0.05, 0) is 25.0 Å². The molecule has 0 bridgehead atoms. The highest BCUT2D eigenvalue weighted by molar-refractivity contribution is 6.06. The number of hydrogen-bond acceptors (Lipinski definition) is 3. The molecule has 1 aliphatic carbocycles. The molecule has 0 radical (unpaired) electrons. The Balaban J connectivity index is 2.36. The van der Waals surface area contributed by atoms with E-state index in [9.17, 15) is 9.90 Å². The Hall–Kier alpha value is -1.35. The zero-order valence-electron chi connectivity index (χ0n) is 7.16. The molecule has 1 aromatic rings. The predicted molar refractivity (Wildman–Crippen MR) is 48.6 cm³/mol. The number of phenols is 1. The Kier molecular flexibility index (Phi) is 1.63. The van der Waals surface area contributed by atoms with Crippen molar-refractivity contribution in [2.45, 2.75) is 18.4 Å². The highest BCUT2D eigenvalue weighted by Gasteiger charge is 2.46. The van der Waals surface area contributed by atoms with Crippen molar-refractivity contribution in [2.24, 2.45) is 5.73 Å². The second-order valence-corrected chi connectivity index (χ2v) is 3.50. The van der Waals surface area contributed by atoms with Gasteiger partial charge in [0.15, 0.2) is 5.78 Å². The zero-order chi connectivity index (χ0) is 9.47. The van der Waals surface area contributed by atoms with Crippen molar-refractivity contribution in [3.05, 3.63) is 29.8 Å². The molecule has 0 unspecified atom stereocenters. The first-order valence-corrected chi connectivity index (χ1v) is 4.25. The van der Waals surface area contributed by atoms with Crippen LogP contribution in [0.2, 0.25) is 0 Å². The molecule has 1 fully saturated rings. The molecule has 1 aromatic carbocycles. The van der Waals surface area contributed by atoms with E-state index in [-0.39, 0.29) is 11.5 Å². The van der Waals surface area contributed by atoms with E-state index in [4.69, 9.17) is 5.73 Å². The first kappa shape index (κ1) is 8.26. The molecular formula is C10H11NO2. The number of nitrogens with two attached hydrogens (primary N) is 1. The van der Waals surface area contributed by atoms with Crippen LogP contribution in [0.5, 0.6) is 5.75 Å². The lowest BCUT2D eigenvalue weighted by molar-refractivity contribution is 0.0946. The third kappa shape index (κ3) is 1.31. The molecule has 68 valence electrons. The number of aromatic hydroxyl groups is 1. The molecule has 13 heavy (non-hydrogen) atoms. The van der Waals surface area contributed by atoms with Gasteiger partial charge in [0.2, 0.25) is 0 Å². The standard InChI is InChI=1S/C10H11NO2/c11-10(5-6-10)9(13)7-3-1-2-4-8(7)12/h1-4,12H,5-6,11H2. The van der Waals surface area contributed by atoms with Crippen LogP contribution in [0.15, 0.2) is 24.3 Å². The number of Topliss-reactive ketones (excluding diaryl/α,β-unsaturated/α-hetero) is 1. The maximum absolute atomic E-state index is 11.7. The summed E-state index contributed by atoms with van der Waals surface area (Å²) in [6, 6.07) is 6.50. The number of para-hydroxylation sites is 1. The van der Waals surface area contributed by atoms with Crippen molar-refractivity contribution in [3.8, 4) is 5.75 Å². The zero-order valence-corrected chi connectivity index (χ0v) is 7.16. The first-order chi connectivity index (χ1) is 6.13. The quantitative estimate of drug-likeness (QED) is 0.664. The van der Waals surface area contributed by atoms with Gasteiger partial charge in [-0.15, -0.1) is 0 Å². The van der Waals surface area contributed by atoms with Crippen LogP contribution in [0, 0.1) is 0 Å².